The molecule has 4 heteroatoms. The fourth-order valence-electron chi connectivity index (χ4n) is 10.6. The summed E-state index contributed by atoms with van der Waals surface area (Å²) in [7, 11) is 0. The Hall–Kier alpha value is -8.60. The number of aromatic nitrogens is 1. The van der Waals surface area contributed by atoms with Crippen LogP contribution >= 0.6 is 0 Å². The van der Waals surface area contributed by atoms with Crippen LogP contribution in [0, 0.1) is 0 Å². The molecule has 13 rings (SSSR count). The van der Waals surface area contributed by atoms with Crippen LogP contribution in [-0.4, -0.2) is 4.57 Å². The van der Waals surface area contributed by atoms with E-state index < -0.39 is 5.41 Å². The standard InChI is InChI=1S/C61H40N2O2/c1-4-17-44(18-5-1)62(45-19-6-2-7-20-45)47-37-35-43(36-38-47)61(52-27-12-10-24-51(52)58-53(61)39-40-57-60(58)65-56-30-15-14-29-55(56)64-57)42-33-31-41(32-34-42)48-25-16-26-50-49-23-11-13-28-54(49)63(59(48)50)46-21-8-3-9-22-46/h1-40H. The second kappa shape index (κ2) is 14.8. The van der Waals surface area contributed by atoms with E-state index in [0.29, 0.717) is 17.2 Å². The molecule has 11 aromatic rings. The predicted molar refractivity (Wildman–Crippen MR) is 265 cm³/mol. The number of rotatable bonds is 7. The van der Waals surface area contributed by atoms with E-state index in [4.69, 9.17) is 9.47 Å². The molecule has 2 heterocycles. The first-order valence-corrected chi connectivity index (χ1v) is 22.2. The fourth-order valence-corrected chi connectivity index (χ4v) is 10.6. The molecule has 0 saturated carbocycles. The fraction of sp³-hybridized carbons (Fsp3) is 0.0164. The molecule has 65 heavy (non-hydrogen) atoms. The molecule has 4 nitrogen and oxygen atoms in total. The van der Waals surface area contributed by atoms with Crippen molar-refractivity contribution < 1.29 is 9.47 Å². The average molecular weight is 833 g/mol. The summed E-state index contributed by atoms with van der Waals surface area (Å²) >= 11 is 0. The van der Waals surface area contributed by atoms with Gasteiger partial charge >= 0.3 is 0 Å². The Bertz CT molecular complexity index is 3540. The third kappa shape index (κ3) is 5.64. The summed E-state index contributed by atoms with van der Waals surface area (Å²) in [6.45, 7) is 0. The van der Waals surface area contributed by atoms with Gasteiger partial charge in [-0.2, -0.15) is 0 Å². The Morgan fingerprint density at radius 2 is 0.923 bits per heavy atom. The smallest absolute Gasteiger partial charge is 0.178 e. The van der Waals surface area contributed by atoms with Crippen LogP contribution in [0.25, 0.3) is 49.7 Å². The highest BCUT2D eigenvalue weighted by Gasteiger charge is 2.48. The van der Waals surface area contributed by atoms with Gasteiger partial charge in [-0.05, 0) is 106 Å². The highest BCUT2D eigenvalue weighted by atomic mass is 16.6. The number of benzene rings is 10. The zero-order chi connectivity index (χ0) is 42.9. The molecule has 1 aliphatic heterocycles. The van der Waals surface area contributed by atoms with Crippen molar-refractivity contribution in [2.45, 2.75) is 5.41 Å². The largest absolute Gasteiger partial charge is 0.449 e. The molecular weight excluding hydrogens is 793 g/mol. The van der Waals surface area contributed by atoms with Crippen molar-refractivity contribution in [1.82, 2.24) is 4.57 Å². The van der Waals surface area contributed by atoms with E-state index in [0.717, 1.165) is 61.9 Å². The van der Waals surface area contributed by atoms with E-state index >= 15 is 0 Å². The summed E-state index contributed by atoms with van der Waals surface area (Å²) < 4.78 is 15.8. The Morgan fingerprint density at radius 1 is 0.369 bits per heavy atom. The number of nitrogens with zero attached hydrogens (tertiary/aromatic N) is 2. The molecule has 2 aliphatic rings. The normalized spacial score (nSPS) is 14.5. The number of ether oxygens (including phenoxy) is 2. The van der Waals surface area contributed by atoms with E-state index in [9.17, 15) is 0 Å². The van der Waals surface area contributed by atoms with Crippen molar-refractivity contribution in [1.29, 1.82) is 0 Å². The van der Waals surface area contributed by atoms with E-state index in [-0.39, 0.29) is 0 Å². The third-order valence-electron chi connectivity index (χ3n) is 13.3. The number of fused-ring (bicyclic) bond motifs is 9. The second-order valence-corrected chi connectivity index (χ2v) is 16.8. The third-order valence-corrected chi connectivity index (χ3v) is 13.3. The van der Waals surface area contributed by atoms with Crippen molar-refractivity contribution >= 4 is 38.9 Å². The first-order chi connectivity index (χ1) is 32.3. The highest BCUT2D eigenvalue weighted by molar-refractivity contribution is 6.13. The first-order valence-electron chi connectivity index (χ1n) is 22.2. The molecule has 306 valence electrons. The number of para-hydroxylation sites is 7. The van der Waals surface area contributed by atoms with Crippen LogP contribution < -0.4 is 14.4 Å². The lowest BCUT2D eigenvalue weighted by Gasteiger charge is -2.35. The maximum Gasteiger partial charge on any atom is 0.178 e. The zero-order valence-corrected chi connectivity index (χ0v) is 35.3. The summed E-state index contributed by atoms with van der Waals surface area (Å²) in [6.07, 6.45) is 0. The molecule has 10 aromatic carbocycles. The minimum atomic E-state index is -0.701. The summed E-state index contributed by atoms with van der Waals surface area (Å²) in [5, 5.41) is 2.47. The lowest BCUT2D eigenvalue weighted by molar-refractivity contribution is 0.360. The van der Waals surface area contributed by atoms with Gasteiger partial charge in [-0.15, -0.1) is 0 Å². The van der Waals surface area contributed by atoms with Crippen LogP contribution in [0.3, 0.4) is 0 Å². The SMILES string of the molecule is c1ccc(N(c2ccccc2)c2ccc(C3(c4ccc(-c5cccc6c7ccccc7n(-c7ccccc7)c56)cc4)c4ccccc4-c4c3ccc3c4Oc4ccccc4O3)cc2)cc1. The van der Waals surface area contributed by atoms with Crippen LogP contribution in [-0.2, 0) is 5.41 Å². The van der Waals surface area contributed by atoms with E-state index in [1.807, 2.05) is 24.3 Å². The number of hydrogen-bond acceptors (Lipinski definition) is 3. The Morgan fingerprint density at radius 3 is 1.65 bits per heavy atom. The van der Waals surface area contributed by atoms with Crippen molar-refractivity contribution in [3.63, 3.8) is 0 Å². The van der Waals surface area contributed by atoms with Gasteiger partial charge in [-0.1, -0.05) is 170 Å². The van der Waals surface area contributed by atoms with Crippen molar-refractivity contribution in [2.24, 2.45) is 0 Å². The summed E-state index contributed by atoms with van der Waals surface area (Å²) in [4.78, 5) is 2.32. The van der Waals surface area contributed by atoms with Crippen molar-refractivity contribution in [3.8, 4) is 50.9 Å². The summed E-state index contributed by atoms with van der Waals surface area (Å²) in [5.74, 6) is 2.87. The minimum absolute atomic E-state index is 0.701. The van der Waals surface area contributed by atoms with Crippen LogP contribution in [0.5, 0.6) is 23.0 Å². The van der Waals surface area contributed by atoms with E-state index in [1.54, 1.807) is 0 Å². The maximum atomic E-state index is 6.85. The molecule has 0 amide bonds. The molecule has 1 unspecified atom stereocenters. The van der Waals surface area contributed by atoms with E-state index in [2.05, 4.69) is 228 Å². The van der Waals surface area contributed by atoms with Crippen LogP contribution in [0.4, 0.5) is 17.1 Å². The predicted octanol–water partition coefficient (Wildman–Crippen LogP) is 16.2. The molecule has 1 aromatic heterocycles. The molecule has 1 aliphatic carbocycles. The van der Waals surface area contributed by atoms with E-state index in [1.165, 1.54) is 32.9 Å². The van der Waals surface area contributed by atoms with Gasteiger partial charge in [0.05, 0.1) is 16.4 Å². The summed E-state index contributed by atoms with van der Waals surface area (Å²) in [6, 6.07) is 86.9. The summed E-state index contributed by atoms with van der Waals surface area (Å²) in [5.41, 5.74) is 15.3. The van der Waals surface area contributed by atoms with Crippen LogP contribution in [0.15, 0.2) is 243 Å². The number of hydrogen-bond donors (Lipinski definition) is 0. The first kappa shape index (κ1) is 37.0. The van der Waals surface area contributed by atoms with Crippen molar-refractivity contribution in [3.05, 3.63) is 265 Å². The van der Waals surface area contributed by atoms with Gasteiger partial charge in [-0.25, -0.2) is 0 Å². The minimum Gasteiger partial charge on any atom is -0.449 e. The average Bonchev–Trinajstić information content (AvgIpc) is 3.88. The Kier molecular flexibility index (Phi) is 8.40. The topological polar surface area (TPSA) is 26.6 Å². The molecule has 0 fully saturated rings. The monoisotopic (exact) mass is 832 g/mol. The van der Waals surface area contributed by atoms with Crippen LogP contribution in [0.1, 0.15) is 22.3 Å². The maximum absolute atomic E-state index is 6.85. The van der Waals surface area contributed by atoms with Gasteiger partial charge < -0.3 is 18.9 Å². The molecule has 0 spiro atoms. The highest BCUT2D eigenvalue weighted by Crippen LogP contribution is 2.62. The van der Waals surface area contributed by atoms with Gasteiger partial charge in [0.15, 0.2) is 23.0 Å². The van der Waals surface area contributed by atoms with Crippen LogP contribution in [0.2, 0.25) is 0 Å². The molecule has 0 saturated heterocycles. The Balaban J connectivity index is 1.03. The lowest BCUT2D eigenvalue weighted by Crippen LogP contribution is -2.28. The van der Waals surface area contributed by atoms with Crippen molar-refractivity contribution in [2.75, 3.05) is 4.90 Å². The molecule has 1 atom stereocenters. The quantitative estimate of drug-likeness (QED) is 0.160. The van der Waals surface area contributed by atoms with Gasteiger partial charge in [0.25, 0.3) is 0 Å². The number of anilines is 3. The molecule has 0 bridgehead atoms. The van der Waals surface area contributed by atoms with Gasteiger partial charge in [-0.3, -0.25) is 0 Å². The van der Waals surface area contributed by atoms with Gasteiger partial charge in [0.2, 0.25) is 0 Å². The molecule has 0 radical (unpaired) electrons. The molecular formula is C61H40N2O2. The second-order valence-electron chi connectivity index (χ2n) is 16.8. The van der Waals surface area contributed by atoms with Gasteiger partial charge in [0, 0.05) is 44.6 Å². The Labute approximate surface area is 377 Å². The zero-order valence-electron chi connectivity index (χ0n) is 35.3. The lowest BCUT2D eigenvalue weighted by atomic mass is 9.67. The van der Waals surface area contributed by atoms with Gasteiger partial charge in [0.1, 0.15) is 0 Å². The molecule has 0 N–H and O–H groups in total.